The van der Waals surface area contributed by atoms with E-state index in [1.165, 1.54) is 0 Å². The summed E-state index contributed by atoms with van der Waals surface area (Å²) in [4.78, 5) is 0. The summed E-state index contributed by atoms with van der Waals surface area (Å²) in [6, 6.07) is 0.325. The zero-order valence-electron chi connectivity index (χ0n) is 10.3. The summed E-state index contributed by atoms with van der Waals surface area (Å²) < 4.78 is 2.05. The minimum atomic E-state index is 0.325. The average molecular weight is 230 g/mol. The Morgan fingerprint density at radius 3 is 2.29 bits per heavy atom. The molecule has 0 bridgehead atoms. The lowest BCUT2D eigenvalue weighted by Crippen LogP contribution is -2.04. The molecule has 0 radical (unpaired) electrons. The molecular formula is C11H14N6. The molecule has 0 aliphatic carbocycles. The van der Waals surface area contributed by atoms with Gasteiger partial charge in [0, 0.05) is 17.2 Å². The van der Waals surface area contributed by atoms with E-state index in [9.17, 15) is 0 Å². The first-order valence-electron chi connectivity index (χ1n) is 5.65. The minimum Gasteiger partial charge on any atom is -0.267 e. The average Bonchev–Trinajstić information content (AvgIpc) is 2.92. The van der Waals surface area contributed by atoms with Gasteiger partial charge in [0.25, 0.3) is 0 Å². The second-order valence-corrected chi connectivity index (χ2v) is 4.61. The lowest BCUT2D eigenvalue weighted by Gasteiger charge is -2.09. The molecule has 0 atom stereocenters. The Morgan fingerprint density at radius 2 is 1.65 bits per heavy atom. The summed E-state index contributed by atoms with van der Waals surface area (Å²) in [5.74, 6) is 0. The van der Waals surface area contributed by atoms with E-state index in [1.807, 2.05) is 18.5 Å². The lowest BCUT2D eigenvalue weighted by molar-refractivity contribution is 0.529. The number of nitrogens with zero attached hydrogens (tertiary/aromatic N) is 5. The van der Waals surface area contributed by atoms with E-state index in [0.29, 0.717) is 6.04 Å². The van der Waals surface area contributed by atoms with Gasteiger partial charge in [0.15, 0.2) is 0 Å². The molecule has 1 aromatic carbocycles. The standard InChI is InChI=1S/C11H14N6/c1-5(2)17-11-7(4)9-8(12-15-13-9)6(3)10(11)14-16-17/h5,16H,1-4H3. The molecule has 3 rings (SSSR count). The van der Waals surface area contributed by atoms with Crippen LogP contribution >= 0.6 is 0 Å². The number of aryl methyl sites for hydroxylation is 2. The fraction of sp³-hybridized carbons (Fsp3) is 0.455. The first kappa shape index (κ1) is 10.2. The van der Waals surface area contributed by atoms with Crippen molar-refractivity contribution in [1.29, 1.82) is 0 Å². The lowest BCUT2D eigenvalue weighted by atomic mass is 10.1. The van der Waals surface area contributed by atoms with Crippen molar-refractivity contribution in [2.24, 2.45) is 0 Å². The van der Waals surface area contributed by atoms with Crippen molar-refractivity contribution in [2.75, 3.05) is 0 Å². The molecule has 0 unspecified atom stereocenters. The highest BCUT2D eigenvalue weighted by atomic mass is 15.4. The van der Waals surface area contributed by atoms with Crippen LogP contribution in [0.4, 0.5) is 0 Å². The summed E-state index contributed by atoms with van der Waals surface area (Å²) >= 11 is 0. The monoisotopic (exact) mass is 230 g/mol. The van der Waals surface area contributed by atoms with Crippen LogP contribution in [0.5, 0.6) is 0 Å². The third kappa shape index (κ3) is 1.20. The van der Waals surface area contributed by atoms with Gasteiger partial charge in [0.05, 0.1) is 5.52 Å². The maximum Gasteiger partial charge on any atom is 0.121 e. The number of nitrogens with one attached hydrogen (secondary N) is 1. The third-order valence-corrected chi connectivity index (χ3v) is 3.19. The van der Waals surface area contributed by atoms with Crippen LogP contribution in [0.2, 0.25) is 0 Å². The summed E-state index contributed by atoms with van der Waals surface area (Å²) in [6.07, 6.45) is 0. The van der Waals surface area contributed by atoms with Gasteiger partial charge in [-0.3, -0.25) is 4.68 Å². The number of aromatic amines is 1. The molecule has 0 aliphatic rings. The minimum absolute atomic E-state index is 0.325. The molecule has 88 valence electrons. The second-order valence-electron chi connectivity index (χ2n) is 4.61. The van der Waals surface area contributed by atoms with Crippen LogP contribution in [0.15, 0.2) is 0 Å². The molecular weight excluding hydrogens is 216 g/mol. The number of aromatic nitrogens is 6. The van der Waals surface area contributed by atoms with E-state index in [0.717, 1.165) is 33.2 Å². The number of benzene rings is 1. The maximum absolute atomic E-state index is 4.37. The Balaban J connectivity index is 2.57. The Hall–Kier alpha value is -1.98. The highest BCUT2D eigenvalue weighted by Crippen LogP contribution is 2.29. The first-order valence-corrected chi connectivity index (χ1v) is 5.65. The van der Waals surface area contributed by atoms with Crippen LogP contribution < -0.4 is 0 Å². The van der Waals surface area contributed by atoms with Crippen LogP contribution in [0.1, 0.15) is 31.0 Å². The molecule has 0 fully saturated rings. The molecule has 6 nitrogen and oxygen atoms in total. The van der Waals surface area contributed by atoms with Crippen molar-refractivity contribution in [1.82, 2.24) is 30.4 Å². The Morgan fingerprint density at radius 1 is 1.00 bits per heavy atom. The largest absolute Gasteiger partial charge is 0.267 e. The molecule has 2 aromatic heterocycles. The number of hydrogen-bond donors (Lipinski definition) is 1. The van der Waals surface area contributed by atoms with E-state index in [2.05, 4.69) is 39.6 Å². The van der Waals surface area contributed by atoms with E-state index >= 15 is 0 Å². The van der Waals surface area contributed by atoms with Crippen LogP contribution in [0.25, 0.3) is 22.1 Å². The molecule has 6 heteroatoms. The third-order valence-electron chi connectivity index (χ3n) is 3.19. The number of rotatable bonds is 1. The van der Waals surface area contributed by atoms with Crippen molar-refractivity contribution in [3.8, 4) is 0 Å². The van der Waals surface area contributed by atoms with Crippen LogP contribution in [0.3, 0.4) is 0 Å². The topological polar surface area (TPSA) is 72.3 Å². The van der Waals surface area contributed by atoms with Gasteiger partial charge >= 0.3 is 0 Å². The molecule has 0 aliphatic heterocycles. The summed E-state index contributed by atoms with van der Waals surface area (Å²) in [6.45, 7) is 8.28. The van der Waals surface area contributed by atoms with Crippen molar-refractivity contribution >= 4 is 22.1 Å². The van der Waals surface area contributed by atoms with Gasteiger partial charge < -0.3 is 0 Å². The van der Waals surface area contributed by atoms with E-state index in [1.54, 1.807) is 0 Å². The van der Waals surface area contributed by atoms with E-state index in [4.69, 9.17) is 0 Å². The van der Waals surface area contributed by atoms with Gasteiger partial charge in [-0.25, -0.2) is 5.21 Å². The highest BCUT2D eigenvalue weighted by molar-refractivity contribution is 5.98. The zero-order chi connectivity index (χ0) is 12.2. The van der Waals surface area contributed by atoms with Crippen molar-refractivity contribution in [3.63, 3.8) is 0 Å². The normalized spacial score (nSPS) is 12.1. The molecule has 0 saturated heterocycles. The van der Waals surface area contributed by atoms with Crippen molar-refractivity contribution < 1.29 is 0 Å². The van der Waals surface area contributed by atoms with Gasteiger partial charge in [0.2, 0.25) is 0 Å². The van der Waals surface area contributed by atoms with Crippen LogP contribution in [0, 0.1) is 13.8 Å². The van der Waals surface area contributed by atoms with Gasteiger partial charge in [-0.2, -0.15) is 5.10 Å². The quantitative estimate of drug-likeness (QED) is 0.693. The molecule has 1 N–H and O–H groups in total. The van der Waals surface area contributed by atoms with E-state index in [-0.39, 0.29) is 0 Å². The molecule has 0 saturated carbocycles. The van der Waals surface area contributed by atoms with E-state index < -0.39 is 0 Å². The molecule has 17 heavy (non-hydrogen) atoms. The highest BCUT2D eigenvalue weighted by Gasteiger charge is 2.17. The molecule has 3 aromatic rings. The Bertz CT molecular complexity index is 705. The summed E-state index contributed by atoms with van der Waals surface area (Å²) in [5.41, 5.74) is 5.86. The predicted molar refractivity (Wildman–Crippen MR) is 64.8 cm³/mol. The summed E-state index contributed by atoms with van der Waals surface area (Å²) in [7, 11) is 0. The van der Waals surface area contributed by atoms with Crippen molar-refractivity contribution in [2.45, 2.75) is 33.7 Å². The first-order chi connectivity index (χ1) is 8.11. The molecule has 2 heterocycles. The molecule has 0 spiro atoms. The Kier molecular flexibility index (Phi) is 1.95. The molecule has 0 amide bonds. The van der Waals surface area contributed by atoms with Crippen molar-refractivity contribution in [3.05, 3.63) is 11.1 Å². The number of H-pyrrole nitrogens is 1. The van der Waals surface area contributed by atoms with Crippen LogP contribution in [-0.2, 0) is 0 Å². The zero-order valence-corrected chi connectivity index (χ0v) is 10.3. The van der Waals surface area contributed by atoms with Gasteiger partial charge in [-0.05, 0) is 32.9 Å². The summed E-state index contributed by atoms with van der Waals surface area (Å²) in [5, 5.41) is 19.3. The number of hydrogen-bond acceptors (Lipinski definition) is 4. The fourth-order valence-electron chi connectivity index (χ4n) is 2.25. The fourth-order valence-corrected chi connectivity index (χ4v) is 2.25. The SMILES string of the molecule is Cc1c2nnnc2c(C)c2c1n[nH]n2C(C)C. The maximum atomic E-state index is 4.37. The van der Waals surface area contributed by atoms with Gasteiger partial charge in [-0.1, -0.05) is 0 Å². The van der Waals surface area contributed by atoms with Crippen LogP contribution in [-0.4, -0.2) is 30.4 Å². The van der Waals surface area contributed by atoms with Gasteiger partial charge in [0.1, 0.15) is 16.6 Å². The smallest absolute Gasteiger partial charge is 0.121 e. The predicted octanol–water partition coefficient (Wildman–Crippen LogP) is 1.90. The second kappa shape index (κ2) is 3.26. The van der Waals surface area contributed by atoms with Gasteiger partial charge in [-0.15, -0.1) is 10.2 Å². The Labute approximate surface area is 98.0 Å². The number of fused-ring (bicyclic) bond motifs is 2.